The highest BCUT2D eigenvalue weighted by Gasteiger charge is 2.29. The van der Waals surface area contributed by atoms with E-state index in [0.29, 0.717) is 5.91 Å². The molecule has 2 aliphatic heterocycles. The number of rotatable bonds is 4. The summed E-state index contributed by atoms with van der Waals surface area (Å²) in [6.07, 6.45) is 3.58. The number of halogens is 1. The van der Waals surface area contributed by atoms with Crippen LogP contribution in [-0.2, 0) is 11.2 Å². The average molecular weight is 352 g/mol. The van der Waals surface area contributed by atoms with E-state index in [1.54, 1.807) is 0 Å². The second-order valence-corrected chi connectivity index (χ2v) is 6.92. The molecule has 0 aliphatic carbocycles. The summed E-state index contributed by atoms with van der Waals surface area (Å²) in [5.41, 5.74) is 1.44. The molecule has 2 heterocycles. The van der Waals surface area contributed by atoms with Crippen LogP contribution in [0.15, 0.2) is 30.3 Å². The van der Waals surface area contributed by atoms with Crippen molar-refractivity contribution >= 4 is 18.3 Å². The van der Waals surface area contributed by atoms with Crippen LogP contribution >= 0.6 is 12.4 Å². The van der Waals surface area contributed by atoms with Gasteiger partial charge in [-0.3, -0.25) is 9.69 Å². The maximum absolute atomic E-state index is 12.6. The van der Waals surface area contributed by atoms with Gasteiger partial charge in [0.15, 0.2) is 0 Å². The molecular formula is C19H30ClN3O. The zero-order chi connectivity index (χ0) is 16.1. The summed E-state index contributed by atoms with van der Waals surface area (Å²) in [7, 11) is 0. The fourth-order valence-electron chi connectivity index (χ4n) is 3.80. The minimum Gasteiger partial charge on any atom is -0.339 e. The Morgan fingerprint density at radius 2 is 1.75 bits per heavy atom. The predicted molar refractivity (Wildman–Crippen MR) is 101 cm³/mol. The quantitative estimate of drug-likeness (QED) is 0.903. The van der Waals surface area contributed by atoms with Gasteiger partial charge >= 0.3 is 0 Å². The maximum atomic E-state index is 12.6. The van der Waals surface area contributed by atoms with E-state index in [-0.39, 0.29) is 18.4 Å². The third-order valence-electron chi connectivity index (χ3n) is 5.35. The molecule has 2 fully saturated rings. The Labute approximate surface area is 152 Å². The Bertz CT molecular complexity index is 497. The summed E-state index contributed by atoms with van der Waals surface area (Å²) in [4.78, 5) is 17.0. The summed E-state index contributed by atoms with van der Waals surface area (Å²) in [5, 5.41) is 3.31. The lowest BCUT2D eigenvalue weighted by atomic mass is 9.89. The molecule has 1 unspecified atom stereocenters. The molecule has 134 valence electrons. The monoisotopic (exact) mass is 351 g/mol. The van der Waals surface area contributed by atoms with E-state index in [1.807, 2.05) is 4.90 Å². The molecule has 1 amide bonds. The molecule has 1 aromatic carbocycles. The third kappa shape index (κ3) is 4.95. The normalized spacial score (nSPS) is 21.1. The number of nitrogens with one attached hydrogen (secondary N) is 1. The van der Waals surface area contributed by atoms with Gasteiger partial charge in [0.05, 0.1) is 6.04 Å². The molecule has 24 heavy (non-hydrogen) atoms. The summed E-state index contributed by atoms with van der Waals surface area (Å²) < 4.78 is 0. The van der Waals surface area contributed by atoms with E-state index in [4.69, 9.17) is 0 Å². The van der Waals surface area contributed by atoms with Crippen LogP contribution in [0.4, 0.5) is 0 Å². The third-order valence-corrected chi connectivity index (χ3v) is 5.35. The van der Waals surface area contributed by atoms with E-state index in [2.05, 4.69) is 47.5 Å². The summed E-state index contributed by atoms with van der Waals surface area (Å²) >= 11 is 0. The zero-order valence-corrected chi connectivity index (χ0v) is 15.4. The van der Waals surface area contributed by atoms with Gasteiger partial charge in [0, 0.05) is 26.2 Å². The van der Waals surface area contributed by atoms with E-state index in [9.17, 15) is 4.79 Å². The minimum absolute atomic E-state index is 0. The lowest BCUT2D eigenvalue weighted by Crippen LogP contribution is -2.54. The molecule has 0 saturated carbocycles. The summed E-state index contributed by atoms with van der Waals surface area (Å²) in [6.45, 7) is 7.76. The maximum Gasteiger partial charge on any atom is 0.239 e. The van der Waals surface area contributed by atoms with Crippen LogP contribution in [0.2, 0.25) is 0 Å². The van der Waals surface area contributed by atoms with Crippen LogP contribution in [0.3, 0.4) is 0 Å². The number of piperazine rings is 1. The Kier molecular flexibility index (Phi) is 7.53. The number of benzene rings is 1. The van der Waals surface area contributed by atoms with Crippen molar-refractivity contribution in [2.75, 3.05) is 39.3 Å². The number of hydrogen-bond acceptors (Lipinski definition) is 3. The molecule has 2 aliphatic rings. The van der Waals surface area contributed by atoms with Crippen molar-refractivity contribution in [1.82, 2.24) is 15.1 Å². The molecule has 0 bridgehead atoms. The molecule has 3 rings (SSSR count). The molecule has 0 spiro atoms. The number of hydrogen-bond donors (Lipinski definition) is 1. The van der Waals surface area contributed by atoms with Gasteiger partial charge in [-0.05, 0) is 50.8 Å². The average Bonchev–Trinajstić information content (AvgIpc) is 2.63. The first-order chi connectivity index (χ1) is 11.2. The molecule has 5 heteroatoms. The van der Waals surface area contributed by atoms with Crippen molar-refractivity contribution < 1.29 is 4.79 Å². The first-order valence-corrected chi connectivity index (χ1v) is 9.01. The number of piperidine rings is 1. The second-order valence-electron chi connectivity index (χ2n) is 6.92. The lowest BCUT2D eigenvalue weighted by Gasteiger charge is -2.38. The predicted octanol–water partition coefficient (Wildman–Crippen LogP) is 2.18. The Morgan fingerprint density at radius 3 is 2.38 bits per heavy atom. The summed E-state index contributed by atoms with van der Waals surface area (Å²) in [6, 6.07) is 10.8. The van der Waals surface area contributed by atoms with Crippen LogP contribution < -0.4 is 5.32 Å². The van der Waals surface area contributed by atoms with Gasteiger partial charge < -0.3 is 10.2 Å². The van der Waals surface area contributed by atoms with Crippen molar-refractivity contribution in [3.63, 3.8) is 0 Å². The lowest BCUT2D eigenvalue weighted by molar-refractivity contribution is -0.137. The SMILES string of the molecule is CC(C(=O)N1CCNCC1)N1CCC(Cc2ccccc2)CC1.Cl. The number of likely N-dealkylation sites (tertiary alicyclic amines) is 1. The highest BCUT2D eigenvalue weighted by Crippen LogP contribution is 2.23. The first kappa shape index (κ1) is 19.2. The van der Waals surface area contributed by atoms with Crippen molar-refractivity contribution in [3.05, 3.63) is 35.9 Å². The van der Waals surface area contributed by atoms with Crippen molar-refractivity contribution in [1.29, 1.82) is 0 Å². The van der Waals surface area contributed by atoms with Gasteiger partial charge in [-0.25, -0.2) is 0 Å². The zero-order valence-electron chi connectivity index (χ0n) is 14.6. The molecule has 2 saturated heterocycles. The van der Waals surface area contributed by atoms with Crippen LogP contribution in [0.5, 0.6) is 0 Å². The molecule has 1 aromatic rings. The van der Waals surface area contributed by atoms with E-state index in [0.717, 1.165) is 45.2 Å². The fourth-order valence-corrected chi connectivity index (χ4v) is 3.80. The molecule has 1 N–H and O–H groups in total. The highest BCUT2D eigenvalue weighted by molar-refractivity contribution is 5.85. The first-order valence-electron chi connectivity index (χ1n) is 9.01. The van der Waals surface area contributed by atoms with E-state index in [1.165, 1.54) is 24.8 Å². The van der Waals surface area contributed by atoms with Gasteiger partial charge in [0.2, 0.25) is 5.91 Å². The number of carbonyl (C=O) groups excluding carboxylic acids is 1. The fraction of sp³-hybridized carbons (Fsp3) is 0.632. The highest BCUT2D eigenvalue weighted by atomic mass is 35.5. The van der Waals surface area contributed by atoms with Crippen LogP contribution in [0.25, 0.3) is 0 Å². The minimum atomic E-state index is 0. The second kappa shape index (κ2) is 9.40. The molecule has 0 aromatic heterocycles. The van der Waals surface area contributed by atoms with Gasteiger partial charge in [-0.15, -0.1) is 12.4 Å². The number of nitrogens with zero attached hydrogens (tertiary/aromatic N) is 2. The van der Waals surface area contributed by atoms with Crippen molar-refractivity contribution in [2.24, 2.45) is 5.92 Å². The molecule has 1 atom stereocenters. The van der Waals surface area contributed by atoms with Gasteiger partial charge in [-0.2, -0.15) is 0 Å². The standard InChI is InChI=1S/C19H29N3O.ClH/c1-16(19(23)22-13-9-20-10-14-22)21-11-7-18(8-12-21)15-17-5-3-2-4-6-17;/h2-6,16,18,20H,7-15H2,1H3;1H. The number of amides is 1. The summed E-state index contributed by atoms with van der Waals surface area (Å²) in [5.74, 6) is 1.07. The molecular weight excluding hydrogens is 322 g/mol. The van der Waals surface area contributed by atoms with E-state index >= 15 is 0 Å². The van der Waals surface area contributed by atoms with Gasteiger partial charge in [0.1, 0.15) is 0 Å². The topological polar surface area (TPSA) is 35.6 Å². The van der Waals surface area contributed by atoms with Crippen LogP contribution in [0, 0.1) is 5.92 Å². The van der Waals surface area contributed by atoms with Crippen molar-refractivity contribution in [3.8, 4) is 0 Å². The smallest absolute Gasteiger partial charge is 0.239 e. The van der Waals surface area contributed by atoms with Crippen molar-refractivity contribution in [2.45, 2.75) is 32.2 Å². The Hall–Kier alpha value is -1.10. The van der Waals surface area contributed by atoms with Crippen LogP contribution in [0.1, 0.15) is 25.3 Å². The largest absolute Gasteiger partial charge is 0.339 e. The Morgan fingerprint density at radius 1 is 1.12 bits per heavy atom. The number of carbonyl (C=O) groups is 1. The van der Waals surface area contributed by atoms with Gasteiger partial charge in [0.25, 0.3) is 0 Å². The van der Waals surface area contributed by atoms with Gasteiger partial charge in [-0.1, -0.05) is 30.3 Å². The Balaban J connectivity index is 0.00000208. The van der Waals surface area contributed by atoms with E-state index < -0.39 is 0 Å². The van der Waals surface area contributed by atoms with Crippen LogP contribution in [-0.4, -0.2) is 61.0 Å². The molecule has 0 radical (unpaired) electrons. The molecule has 4 nitrogen and oxygen atoms in total.